The summed E-state index contributed by atoms with van der Waals surface area (Å²) in [5.74, 6) is 0.682. The van der Waals surface area contributed by atoms with Gasteiger partial charge in [-0.3, -0.25) is 4.98 Å². The summed E-state index contributed by atoms with van der Waals surface area (Å²) < 4.78 is 9.27. The smallest absolute Gasteiger partial charge is 0.160 e. The zero-order valence-electron chi connectivity index (χ0n) is 30.1. The summed E-state index contributed by atoms with van der Waals surface area (Å²) in [5, 5.41) is 4.81. The minimum absolute atomic E-state index is 0.682. The first-order valence-electron chi connectivity index (χ1n) is 18.7. The molecule has 0 aliphatic carbocycles. The Morgan fingerprint density at radius 1 is 0.393 bits per heavy atom. The van der Waals surface area contributed by atoms with Gasteiger partial charge < -0.3 is 4.42 Å². The highest BCUT2D eigenvalue weighted by Crippen LogP contribution is 2.44. The van der Waals surface area contributed by atoms with Crippen LogP contribution in [0.2, 0.25) is 0 Å². The molecule has 0 saturated carbocycles. The number of fused-ring (bicyclic) bond motifs is 6. The maximum atomic E-state index is 6.69. The van der Waals surface area contributed by atoms with E-state index in [4.69, 9.17) is 14.4 Å². The van der Waals surface area contributed by atoms with Crippen molar-refractivity contribution in [3.63, 3.8) is 0 Å². The summed E-state index contributed by atoms with van der Waals surface area (Å²) >= 11 is 1.84. The summed E-state index contributed by atoms with van der Waals surface area (Å²) in [6, 6.07) is 63.6. The molecule has 0 aliphatic rings. The monoisotopic (exact) mass is 733 g/mol. The highest BCUT2D eigenvalue weighted by atomic mass is 32.1. The molecule has 0 unspecified atom stereocenters. The van der Waals surface area contributed by atoms with E-state index in [9.17, 15) is 0 Å². The van der Waals surface area contributed by atoms with Crippen LogP contribution in [0.5, 0.6) is 0 Å². The molecule has 5 heteroatoms. The lowest BCUT2D eigenvalue weighted by Crippen LogP contribution is -1.96. The zero-order valence-corrected chi connectivity index (χ0v) is 30.9. The predicted octanol–water partition coefficient (Wildman–Crippen LogP) is 14.1. The Balaban J connectivity index is 1.02. The normalized spacial score (nSPS) is 11.6. The average molecular weight is 734 g/mol. The first kappa shape index (κ1) is 32.2. The molecule has 0 radical (unpaired) electrons. The Morgan fingerprint density at radius 2 is 1.05 bits per heavy atom. The van der Waals surface area contributed by atoms with Crippen molar-refractivity contribution in [1.82, 2.24) is 15.0 Å². The number of thiophene rings is 1. The van der Waals surface area contributed by atoms with Crippen LogP contribution in [-0.2, 0) is 0 Å². The van der Waals surface area contributed by atoms with Crippen molar-refractivity contribution in [2.24, 2.45) is 0 Å². The van der Waals surface area contributed by atoms with Gasteiger partial charge in [-0.2, -0.15) is 0 Å². The van der Waals surface area contributed by atoms with Gasteiger partial charge in [0.15, 0.2) is 5.82 Å². The van der Waals surface area contributed by atoms with Gasteiger partial charge in [0.2, 0.25) is 0 Å². The van der Waals surface area contributed by atoms with Gasteiger partial charge in [-0.1, -0.05) is 133 Å². The van der Waals surface area contributed by atoms with Crippen molar-refractivity contribution in [1.29, 1.82) is 0 Å². The second kappa shape index (κ2) is 13.3. The number of aromatic nitrogens is 3. The molecule has 0 spiro atoms. The summed E-state index contributed by atoms with van der Waals surface area (Å²) in [4.78, 5) is 14.8. The van der Waals surface area contributed by atoms with Crippen LogP contribution in [0.15, 0.2) is 193 Å². The highest BCUT2D eigenvalue weighted by molar-refractivity contribution is 7.25. The molecule has 0 atom stereocenters. The first-order valence-corrected chi connectivity index (χ1v) is 19.5. The van der Waals surface area contributed by atoms with Crippen molar-refractivity contribution in [3.8, 4) is 67.4 Å². The molecule has 4 heterocycles. The molecule has 262 valence electrons. The molecule has 0 fully saturated rings. The van der Waals surface area contributed by atoms with Crippen LogP contribution in [0.4, 0.5) is 0 Å². The summed E-state index contributed by atoms with van der Waals surface area (Å²) in [6.45, 7) is 0. The van der Waals surface area contributed by atoms with Crippen LogP contribution in [-0.4, -0.2) is 15.0 Å². The molecule has 0 N–H and O–H groups in total. The van der Waals surface area contributed by atoms with Crippen molar-refractivity contribution in [2.75, 3.05) is 0 Å². The lowest BCUT2D eigenvalue weighted by Gasteiger charge is -2.12. The molecular weight excluding hydrogens is 703 g/mol. The van der Waals surface area contributed by atoms with Gasteiger partial charge in [0.1, 0.15) is 11.2 Å². The van der Waals surface area contributed by atoms with Crippen LogP contribution in [0.1, 0.15) is 0 Å². The minimum Gasteiger partial charge on any atom is -0.455 e. The van der Waals surface area contributed by atoms with Crippen LogP contribution >= 0.6 is 11.3 Å². The van der Waals surface area contributed by atoms with Gasteiger partial charge in [0, 0.05) is 65.0 Å². The number of pyridine rings is 1. The third-order valence-electron chi connectivity index (χ3n) is 10.6. The largest absolute Gasteiger partial charge is 0.455 e. The van der Waals surface area contributed by atoms with E-state index in [2.05, 4.69) is 145 Å². The minimum atomic E-state index is 0.682. The SMILES string of the molecule is c1ccc(-c2nc(-c3ccc(-c4ccc(-c5ccc6c(c5)sc5ccccc56)c5oc6ccccc6c45)cc3)cc(-c3cccc(-c4ccccn4)c3)n2)cc1. The molecule has 0 bridgehead atoms. The van der Waals surface area contributed by atoms with E-state index in [1.165, 1.54) is 20.2 Å². The third-order valence-corrected chi connectivity index (χ3v) is 11.7. The highest BCUT2D eigenvalue weighted by Gasteiger charge is 2.19. The van der Waals surface area contributed by atoms with Crippen molar-refractivity contribution < 1.29 is 4.42 Å². The molecule has 0 saturated heterocycles. The van der Waals surface area contributed by atoms with Gasteiger partial charge in [-0.15, -0.1) is 11.3 Å². The standard InChI is InChI=1S/C51H31N3OS/c1-2-11-34(12-3-1)51-53-44(31-45(54-51)37-14-10-13-36(29-37)43-17-8-9-28-52-43)33-22-20-32(21-23-33)38-26-27-39(50-49(38)42-16-4-6-18-46(42)55-50)35-24-25-41-40-15-5-7-19-47(40)56-48(41)30-35/h1-31H. The predicted molar refractivity (Wildman–Crippen MR) is 233 cm³/mol. The van der Waals surface area contributed by atoms with Crippen LogP contribution < -0.4 is 0 Å². The van der Waals surface area contributed by atoms with Gasteiger partial charge in [0.25, 0.3) is 0 Å². The number of benzene rings is 7. The Morgan fingerprint density at radius 3 is 1.89 bits per heavy atom. The third kappa shape index (κ3) is 5.56. The van der Waals surface area contributed by atoms with E-state index in [-0.39, 0.29) is 0 Å². The molecule has 4 nitrogen and oxygen atoms in total. The molecular formula is C51H31N3OS. The van der Waals surface area contributed by atoms with Gasteiger partial charge in [-0.05, 0) is 65.2 Å². The molecule has 11 rings (SSSR count). The maximum Gasteiger partial charge on any atom is 0.160 e. The molecule has 4 aromatic heterocycles. The first-order chi connectivity index (χ1) is 27.7. The molecule has 7 aromatic carbocycles. The number of nitrogens with zero attached hydrogens (tertiary/aromatic N) is 3. The number of furan rings is 1. The van der Waals surface area contributed by atoms with E-state index in [1.54, 1.807) is 0 Å². The van der Waals surface area contributed by atoms with Crippen LogP contribution in [0.3, 0.4) is 0 Å². The van der Waals surface area contributed by atoms with Gasteiger partial charge in [-0.25, -0.2) is 9.97 Å². The fourth-order valence-electron chi connectivity index (χ4n) is 7.84. The fourth-order valence-corrected chi connectivity index (χ4v) is 8.99. The Hall–Kier alpha value is -7.21. The number of para-hydroxylation sites is 1. The number of rotatable bonds is 6. The molecule has 56 heavy (non-hydrogen) atoms. The van der Waals surface area contributed by atoms with Crippen LogP contribution in [0.25, 0.3) is 110 Å². The van der Waals surface area contributed by atoms with E-state index in [0.29, 0.717) is 5.82 Å². The lowest BCUT2D eigenvalue weighted by molar-refractivity contribution is 0.670. The summed E-state index contributed by atoms with van der Waals surface area (Å²) in [6.07, 6.45) is 1.82. The summed E-state index contributed by atoms with van der Waals surface area (Å²) in [5.41, 5.74) is 12.9. The molecule has 0 aliphatic heterocycles. The van der Waals surface area contributed by atoms with Crippen LogP contribution in [0, 0.1) is 0 Å². The molecule has 11 aromatic rings. The quantitative estimate of drug-likeness (QED) is 0.171. The molecule has 0 amide bonds. The summed E-state index contributed by atoms with van der Waals surface area (Å²) in [7, 11) is 0. The van der Waals surface area contributed by atoms with Crippen molar-refractivity contribution in [2.45, 2.75) is 0 Å². The van der Waals surface area contributed by atoms with E-state index in [1.807, 2.05) is 60.0 Å². The second-order valence-corrected chi connectivity index (χ2v) is 15.1. The second-order valence-electron chi connectivity index (χ2n) is 14.0. The Kier molecular flexibility index (Phi) is 7.64. The van der Waals surface area contributed by atoms with Gasteiger partial charge >= 0.3 is 0 Å². The maximum absolute atomic E-state index is 6.69. The van der Waals surface area contributed by atoms with Crippen molar-refractivity contribution in [3.05, 3.63) is 188 Å². The van der Waals surface area contributed by atoms with Gasteiger partial charge in [0.05, 0.1) is 17.1 Å². The van der Waals surface area contributed by atoms with E-state index >= 15 is 0 Å². The van der Waals surface area contributed by atoms with E-state index in [0.717, 1.165) is 83.5 Å². The fraction of sp³-hybridized carbons (Fsp3) is 0. The number of hydrogen-bond donors (Lipinski definition) is 0. The Bertz CT molecular complexity index is 3240. The van der Waals surface area contributed by atoms with E-state index < -0.39 is 0 Å². The number of hydrogen-bond acceptors (Lipinski definition) is 5. The topological polar surface area (TPSA) is 51.8 Å². The Labute approximate surface area is 327 Å². The average Bonchev–Trinajstić information content (AvgIpc) is 3.85. The zero-order chi connectivity index (χ0) is 37.0. The lowest BCUT2D eigenvalue weighted by atomic mass is 9.93. The van der Waals surface area contributed by atoms with Crippen molar-refractivity contribution >= 4 is 53.4 Å².